The molecule has 49 heavy (non-hydrogen) atoms. The van der Waals surface area contributed by atoms with Crippen molar-refractivity contribution in [1.29, 1.82) is 0 Å². The standard InChI is InChI=1S/C37H34Cl3N5O3S/c1-5-47-32-18-24(16-17-31(32)48-19-26-28(39)13-9-14-29(26)40)34-33(35(46)42-30-15-8-10-21(2)22(30)3)23(4)41-36-43-37(44-45(34)36)49-20-25-11-6-7-12-27(25)38/h6-18,34H,5,19-20H2,1-4H3,(H,42,46)(H,41,43,44). The van der Waals surface area contributed by atoms with Crippen LogP contribution in [0.4, 0.5) is 11.6 Å². The molecule has 4 aromatic carbocycles. The Hall–Kier alpha value is -4.15. The number of carbonyl (C=O) groups excluding carboxylic acids is 1. The van der Waals surface area contributed by atoms with Crippen molar-refractivity contribution >= 4 is 64.1 Å². The van der Waals surface area contributed by atoms with E-state index < -0.39 is 6.04 Å². The van der Waals surface area contributed by atoms with Crippen LogP contribution in [0.2, 0.25) is 15.1 Å². The molecule has 1 amide bonds. The number of nitrogens with one attached hydrogen (secondary N) is 2. The highest BCUT2D eigenvalue weighted by atomic mass is 35.5. The van der Waals surface area contributed by atoms with Gasteiger partial charge in [0.15, 0.2) is 11.5 Å². The average Bonchev–Trinajstić information content (AvgIpc) is 3.48. The Morgan fingerprint density at radius 2 is 1.65 bits per heavy atom. The van der Waals surface area contributed by atoms with Crippen molar-refractivity contribution in [1.82, 2.24) is 14.8 Å². The SMILES string of the molecule is CCOc1cc(C2C(C(=O)Nc3cccc(C)c3C)=C(C)Nc3nc(SCc4ccccc4Cl)nn32)ccc1OCc1c(Cl)cccc1Cl. The van der Waals surface area contributed by atoms with Gasteiger partial charge in [-0.05, 0) is 86.3 Å². The zero-order valence-electron chi connectivity index (χ0n) is 27.3. The lowest BCUT2D eigenvalue weighted by atomic mass is 9.94. The third-order valence-electron chi connectivity index (χ3n) is 8.26. The van der Waals surface area contributed by atoms with Crippen LogP contribution in [0.1, 0.15) is 47.7 Å². The van der Waals surface area contributed by atoms with Gasteiger partial charge in [-0.3, -0.25) is 4.79 Å². The molecule has 2 N–H and O–H groups in total. The number of anilines is 2. The highest BCUT2D eigenvalue weighted by Gasteiger charge is 2.35. The highest BCUT2D eigenvalue weighted by molar-refractivity contribution is 7.98. The molecule has 8 nitrogen and oxygen atoms in total. The summed E-state index contributed by atoms with van der Waals surface area (Å²) >= 11 is 20.7. The van der Waals surface area contributed by atoms with Gasteiger partial charge >= 0.3 is 0 Å². The molecule has 1 unspecified atom stereocenters. The molecule has 12 heteroatoms. The molecule has 0 fully saturated rings. The molecular weight excluding hydrogens is 701 g/mol. The molecule has 2 heterocycles. The van der Waals surface area contributed by atoms with Crippen LogP contribution in [0.5, 0.6) is 11.5 Å². The molecule has 6 rings (SSSR count). The summed E-state index contributed by atoms with van der Waals surface area (Å²) < 4.78 is 14.0. The maximum absolute atomic E-state index is 14.2. The average molecular weight is 735 g/mol. The fraction of sp³-hybridized carbons (Fsp3) is 0.216. The van der Waals surface area contributed by atoms with Crippen LogP contribution in [-0.2, 0) is 17.2 Å². The molecule has 1 aromatic heterocycles. The fourth-order valence-corrected chi connectivity index (χ4v) is 7.15. The maximum atomic E-state index is 14.2. The molecule has 1 aliphatic rings. The van der Waals surface area contributed by atoms with Crippen molar-refractivity contribution in [2.24, 2.45) is 0 Å². The number of hydrogen-bond donors (Lipinski definition) is 2. The number of allylic oxidation sites excluding steroid dienone is 1. The number of ether oxygens (including phenoxy) is 2. The Labute approximate surface area is 304 Å². The van der Waals surface area contributed by atoms with Crippen molar-refractivity contribution in [3.8, 4) is 11.5 Å². The Morgan fingerprint density at radius 3 is 2.41 bits per heavy atom. The first kappa shape index (κ1) is 34.7. The highest BCUT2D eigenvalue weighted by Crippen LogP contribution is 2.41. The topological polar surface area (TPSA) is 90.3 Å². The number of aromatic nitrogens is 3. The Balaban J connectivity index is 1.38. The molecule has 0 bridgehead atoms. The summed E-state index contributed by atoms with van der Waals surface area (Å²) in [6.45, 7) is 8.31. The van der Waals surface area contributed by atoms with Crippen LogP contribution in [-0.4, -0.2) is 27.3 Å². The maximum Gasteiger partial charge on any atom is 0.255 e. The number of amides is 1. The van der Waals surface area contributed by atoms with Crippen LogP contribution >= 0.6 is 46.6 Å². The molecule has 0 saturated heterocycles. The molecule has 1 atom stereocenters. The molecule has 0 saturated carbocycles. The van der Waals surface area contributed by atoms with Gasteiger partial charge in [-0.25, -0.2) is 4.68 Å². The summed E-state index contributed by atoms with van der Waals surface area (Å²) in [5, 5.41) is 13.6. The first-order valence-electron chi connectivity index (χ1n) is 15.6. The second kappa shape index (κ2) is 15.2. The Morgan fingerprint density at radius 1 is 0.918 bits per heavy atom. The van der Waals surface area contributed by atoms with Crippen LogP contribution in [0.25, 0.3) is 0 Å². The number of nitrogens with zero attached hydrogens (tertiary/aromatic N) is 3. The van der Waals surface area contributed by atoms with E-state index in [2.05, 4.69) is 10.6 Å². The van der Waals surface area contributed by atoms with Crippen LogP contribution in [0.3, 0.4) is 0 Å². The lowest BCUT2D eigenvalue weighted by Crippen LogP contribution is -2.31. The fourth-order valence-electron chi connectivity index (χ4n) is 5.53. The minimum Gasteiger partial charge on any atom is -0.490 e. The van der Waals surface area contributed by atoms with E-state index in [1.807, 2.05) is 88.4 Å². The van der Waals surface area contributed by atoms with Crippen molar-refractivity contribution in [2.75, 3.05) is 17.2 Å². The summed E-state index contributed by atoms with van der Waals surface area (Å²) in [7, 11) is 0. The van der Waals surface area contributed by atoms with Crippen LogP contribution < -0.4 is 20.1 Å². The number of carbonyl (C=O) groups is 1. The minimum atomic E-state index is -0.644. The van der Waals surface area contributed by atoms with E-state index in [4.69, 9.17) is 54.4 Å². The summed E-state index contributed by atoms with van der Waals surface area (Å²) in [5.74, 6) is 1.84. The molecule has 5 aromatic rings. The molecule has 0 aliphatic carbocycles. The van der Waals surface area contributed by atoms with E-state index in [1.54, 1.807) is 22.9 Å². The Kier molecular flexibility index (Phi) is 10.7. The lowest BCUT2D eigenvalue weighted by Gasteiger charge is -2.29. The zero-order chi connectivity index (χ0) is 34.7. The van der Waals surface area contributed by atoms with E-state index in [0.717, 1.165) is 27.9 Å². The third kappa shape index (κ3) is 7.55. The smallest absolute Gasteiger partial charge is 0.255 e. The van der Waals surface area contributed by atoms with Gasteiger partial charge in [0, 0.05) is 37.8 Å². The van der Waals surface area contributed by atoms with Gasteiger partial charge in [0.1, 0.15) is 12.6 Å². The lowest BCUT2D eigenvalue weighted by molar-refractivity contribution is -0.113. The van der Waals surface area contributed by atoms with Crippen LogP contribution in [0.15, 0.2) is 95.3 Å². The third-order valence-corrected chi connectivity index (χ3v) is 10.2. The summed E-state index contributed by atoms with van der Waals surface area (Å²) in [6, 6.07) is 23.8. The number of benzene rings is 4. The van der Waals surface area contributed by atoms with Gasteiger partial charge in [-0.1, -0.05) is 89.0 Å². The summed E-state index contributed by atoms with van der Waals surface area (Å²) in [4.78, 5) is 19.0. The van der Waals surface area contributed by atoms with Crippen molar-refractivity contribution < 1.29 is 14.3 Å². The van der Waals surface area contributed by atoms with Crippen molar-refractivity contribution in [3.63, 3.8) is 0 Å². The van der Waals surface area contributed by atoms with Gasteiger partial charge < -0.3 is 20.1 Å². The van der Waals surface area contributed by atoms with E-state index in [1.165, 1.54) is 11.8 Å². The van der Waals surface area contributed by atoms with Gasteiger partial charge in [0.05, 0.1) is 12.2 Å². The molecule has 0 spiro atoms. The van der Waals surface area contributed by atoms with Crippen molar-refractivity contribution in [2.45, 2.75) is 51.3 Å². The zero-order valence-corrected chi connectivity index (χ0v) is 30.4. The molecule has 1 aliphatic heterocycles. The number of hydrogen-bond acceptors (Lipinski definition) is 7. The normalized spacial score (nSPS) is 13.9. The second-order valence-electron chi connectivity index (χ2n) is 11.4. The van der Waals surface area contributed by atoms with E-state index in [9.17, 15) is 4.79 Å². The number of halogens is 3. The number of aryl methyl sites for hydroxylation is 1. The number of rotatable bonds is 11. The Bertz CT molecular complexity index is 2050. The van der Waals surface area contributed by atoms with Crippen LogP contribution in [0, 0.1) is 13.8 Å². The second-order valence-corrected chi connectivity index (χ2v) is 13.6. The first-order chi connectivity index (χ1) is 23.6. The van der Waals surface area contributed by atoms with Gasteiger partial charge in [0.25, 0.3) is 5.91 Å². The van der Waals surface area contributed by atoms with Gasteiger partial charge in [0.2, 0.25) is 11.1 Å². The predicted octanol–water partition coefficient (Wildman–Crippen LogP) is 10.1. The molecule has 252 valence electrons. The van der Waals surface area contributed by atoms with Gasteiger partial charge in [-0.15, -0.1) is 5.10 Å². The molecule has 0 radical (unpaired) electrons. The quantitative estimate of drug-likeness (QED) is 0.131. The molecular formula is C37H34Cl3N5O3S. The van der Waals surface area contributed by atoms with Gasteiger partial charge in [-0.2, -0.15) is 4.98 Å². The summed E-state index contributed by atoms with van der Waals surface area (Å²) in [6.07, 6.45) is 0. The summed E-state index contributed by atoms with van der Waals surface area (Å²) in [5.41, 5.74) is 6.36. The predicted molar refractivity (Wildman–Crippen MR) is 198 cm³/mol. The minimum absolute atomic E-state index is 0.146. The number of fused-ring (bicyclic) bond motifs is 1. The largest absolute Gasteiger partial charge is 0.490 e. The van der Waals surface area contributed by atoms with E-state index in [0.29, 0.717) is 66.9 Å². The number of thioether (sulfide) groups is 1. The monoisotopic (exact) mass is 733 g/mol. The van der Waals surface area contributed by atoms with Crippen molar-refractivity contribution in [3.05, 3.63) is 133 Å². The van der Waals surface area contributed by atoms with E-state index in [-0.39, 0.29) is 12.5 Å². The van der Waals surface area contributed by atoms with E-state index >= 15 is 0 Å². The first-order valence-corrected chi connectivity index (χ1v) is 17.8.